The molecule has 6 heteroatoms. The van der Waals surface area contributed by atoms with Crippen LogP contribution >= 0.6 is 0 Å². The van der Waals surface area contributed by atoms with Gasteiger partial charge in [-0.05, 0) is 44.4 Å². The zero-order chi connectivity index (χ0) is 17.3. The van der Waals surface area contributed by atoms with Gasteiger partial charge in [0.1, 0.15) is 17.2 Å². The van der Waals surface area contributed by atoms with E-state index in [0.717, 1.165) is 16.6 Å². The summed E-state index contributed by atoms with van der Waals surface area (Å²) in [5.41, 5.74) is -0.497. The lowest BCUT2D eigenvalue weighted by atomic mass is 10.1. The van der Waals surface area contributed by atoms with Crippen molar-refractivity contribution in [1.82, 2.24) is 9.88 Å². The van der Waals surface area contributed by atoms with Crippen LogP contribution in [-0.2, 0) is 4.74 Å². The van der Waals surface area contributed by atoms with Crippen LogP contribution in [-0.4, -0.2) is 47.8 Å². The first-order valence-corrected chi connectivity index (χ1v) is 8.11. The van der Waals surface area contributed by atoms with E-state index in [1.54, 1.807) is 17.2 Å². The first kappa shape index (κ1) is 16.5. The summed E-state index contributed by atoms with van der Waals surface area (Å²) in [4.78, 5) is 20.3. The molecule has 0 spiro atoms. The summed E-state index contributed by atoms with van der Waals surface area (Å²) in [5, 5.41) is 1.75. The van der Waals surface area contributed by atoms with Crippen molar-refractivity contribution in [3.8, 4) is 0 Å². The summed E-state index contributed by atoms with van der Waals surface area (Å²) in [7, 11) is 0. The molecule has 1 aliphatic rings. The fourth-order valence-corrected chi connectivity index (χ4v) is 2.80. The smallest absolute Gasteiger partial charge is 0.410 e. The number of carbonyl (C=O) groups is 1. The van der Waals surface area contributed by atoms with Crippen molar-refractivity contribution in [2.45, 2.75) is 26.4 Å². The van der Waals surface area contributed by atoms with Crippen LogP contribution in [0.5, 0.6) is 0 Å². The molecular weight excluding hydrogens is 309 g/mol. The number of hydrogen-bond donors (Lipinski definition) is 0. The van der Waals surface area contributed by atoms with E-state index in [1.807, 2.05) is 26.8 Å². The highest BCUT2D eigenvalue weighted by molar-refractivity contribution is 5.92. The highest BCUT2D eigenvalue weighted by atomic mass is 19.1. The summed E-state index contributed by atoms with van der Waals surface area (Å²) in [6.45, 7) is 7.97. The lowest BCUT2D eigenvalue weighted by Gasteiger charge is -2.36. The second-order valence-corrected chi connectivity index (χ2v) is 6.95. The molecule has 3 rings (SSSR count). The van der Waals surface area contributed by atoms with Gasteiger partial charge in [0.15, 0.2) is 0 Å². The number of halogens is 1. The average molecular weight is 331 g/mol. The zero-order valence-electron chi connectivity index (χ0n) is 14.3. The number of piperazine rings is 1. The third-order valence-corrected chi connectivity index (χ3v) is 3.94. The van der Waals surface area contributed by atoms with Crippen molar-refractivity contribution in [2.75, 3.05) is 31.1 Å². The molecular formula is C18H22FN3O2. The van der Waals surface area contributed by atoms with Crippen LogP contribution < -0.4 is 4.90 Å². The van der Waals surface area contributed by atoms with Gasteiger partial charge in [-0.2, -0.15) is 0 Å². The highest BCUT2D eigenvalue weighted by Crippen LogP contribution is 2.26. The van der Waals surface area contributed by atoms with Gasteiger partial charge in [0, 0.05) is 37.8 Å². The molecule has 1 amide bonds. The van der Waals surface area contributed by atoms with Crippen molar-refractivity contribution in [2.24, 2.45) is 0 Å². The maximum absolute atomic E-state index is 13.6. The average Bonchev–Trinajstić information content (AvgIpc) is 2.53. The van der Waals surface area contributed by atoms with Crippen molar-refractivity contribution >= 4 is 22.7 Å². The van der Waals surface area contributed by atoms with Crippen molar-refractivity contribution in [3.63, 3.8) is 0 Å². The molecule has 1 fully saturated rings. The molecule has 1 aromatic heterocycles. The summed E-state index contributed by atoms with van der Waals surface area (Å²) in [6.07, 6.45) is 1.44. The van der Waals surface area contributed by atoms with Gasteiger partial charge in [-0.25, -0.2) is 14.2 Å². The lowest BCUT2D eigenvalue weighted by molar-refractivity contribution is 0.0240. The molecule has 1 aromatic carbocycles. The SMILES string of the molecule is CC(C)(C)OC(=O)N1CCN(c2nccc3ccc(F)cc23)CC1. The summed E-state index contributed by atoms with van der Waals surface area (Å²) >= 11 is 0. The Labute approximate surface area is 141 Å². The Hall–Kier alpha value is -2.37. The van der Waals surface area contributed by atoms with Crippen LogP contribution in [0.25, 0.3) is 10.8 Å². The number of carbonyl (C=O) groups excluding carboxylic acids is 1. The Morgan fingerprint density at radius 3 is 2.54 bits per heavy atom. The van der Waals surface area contributed by atoms with E-state index in [0.29, 0.717) is 26.2 Å². The number of pyridine rings is 1. The van der Waals surface area contributed by atoms with E-state index in [-0.39, 0.29) is 11.9 Å². The molecule has 0 bridgehead atoms. The number of fused-ring (bicyclic) bond motifs is 1. The highest BCUT2D eigenvalue weighted by Gasteiger charge is 2.26. The number of rotatable bonds is 1. The van der Waals surface area contributed by atoms with Gasteiger partial charge in [-0.3, -0.25) is 0 Å². The van der Waals surface area contributed by atoms with Crippen LogP contribution in [0.2, 0.25) is 0 Å². The molecule has 2 heterocycles. The minimum absolute atomic E-state index is 0.274. The molecule has 0 unspecified atom stereocenters. The van der Waals surface area contributed by atoms with Gasteiger partial charge in [0.25, 0.3) is 0 Å². The molecule has 0 aliphatic carbocycles. The van der Waals surface area contributed by atoms with Gasteiger partial charge in [-0.15, -0.1) is 0 Å². The third-order valence-electron chi connectivity index (χ3n) is 3.94. The lowest BCUT2D eigenvalue weighted by Crippen LogP contribution is -2.50. The topological polar surface area (TPSA) is 45.7 Å². The Morgan fingerprint density at radius 1 is 1.17 bits per heavy atom. The van der Waals surface area contributed by atoms with Crippen molar-refractivity contribution in [3.05, 3.63) is 36.3 Å². The molecule has 24 heavy (non-hydrogen) atoms. The van der Waals surface area contributed by atoms with Crippen molar-refractivity contribution in [1.29, 1.82) is 0 Å². The molecule has 0 saturated carbocycles. The van der Waals surface area contributed by atoms with E-state index in [1.165, 1.54) is 12.1 Å². The number of nitrogens with zero attached hydrogens (tertiary/aromatic N) is 3. The first-order chi connectivity index (χ1) is 11.3. The second kappa shape index (κ2) is 6.26. The van der Waals surface area contributed by atoms with Gasteiger partial charge >= 0.3 is 6.09 Å². The quantitative estimate of drug-likeness (QED) is 0.803. The minimum atomic E-state index is -0.497. The molecule has 1 aliphatic heterocycles. The number of benzene rings is 1. The Kier molecular flexibility index (Phi) is 4.30. The van der Waals surface area contributed by atoms with Crippen molar-refractivity contribution < 1.29 is 13.9 Å². The van der Waals surface area contributed by atoms with E-state index in [2.05, 4.69) is 9.88 Å². The number of aromatic nitrogens is 1. The van der Waals surface area contributed by atoms with Gasteiger partial charge < -0.3 is 14.5 Å². The summed E-state index contributed by atoms with van der Waals surface area (Å²) in [5.74, 6) is 0.486. The van der Waals surface area contributed by atoms with Crippen LogP contribution in [0.3, 0.4) is 0 Å². The number of hydrogen-bond acceptors (Lipinski definition) is 4. The van der Waals surface area contributed by atoms with Crippen LogP contribution in [0.4, 0.5) is 15.0 Å². The van der Waals surface area contributed by atoms with E-state index in [9.17, 15) is 9.18 Å². The largest absolute Gasteiger partial charge is 0.444 e. The van der Waals surface area contributed by atoms with Gasteiger partial charge in [0.05, 0.1) is 0 Å². The van der Waals surface area contributed by atoms with Crippen LogP contribution in [0, 0.1) is 5.82 Å². The van der Waals surface area contributed by atoms with E-state index in [4.69, 9.17) is 4.74 Å². The predicted molar refractivity (Wildman–Crippen MR) is 91.7 cm³/mol. The molecule has 2 aromatic rings. The first-order valence-electron chi connectivity index (χ1n) is 8.11. The molecule has 5 nitrogen and oxygen atoms in total. The molecule has 0 radical (unpaired) electrons. The van der Waals surface area contributed by atoms with Crippen LogP contribution in [0.15, 0.2) is 30.5 Å². The second-order valence-electron chi connectivity index (χ2n) is 6.95. The van der Waals surface area contributed by atoms with E-state index < -0.39 is 5.60 Å². The summed E-state index contributed by atoms with van der Waals surface area (Å²) < 4.78 is 19.0. The Bertz CT molecular complexity index is 750. The maximum Gasteiger partial charge on any atom is 0.410 e. The van der Waals surface area contributed by atoms with Crippen LogP contribution in [0.1, 0.15) is 20.8 Å². The third kappa shape index (κ3) is 3.58. The number of anilines is 1. The standard InChI is InChI=1S/C18H22FN3O2/c1-18(2,3)24-17(23)22-10-8-21(9-11-22)16-15-12-14(19)5-4-13(15)6-7-20-16/h4-7,12H,8-11H2,1-3H3. The summed E-state index contributed by atoms with van der Waals surface area (Å²) in [6, 6.07) is 6.59. The molecule has 0 N–H and O–H groups in total. The molecule has 1 saturated heterocycles. The maximum atomic E-state index is 13.6. The van der Waals surface area contributed by atoms with Gasteiger partial charge in [-0.1, -0.05) is 6.07 Å². The monoisotopic (exact) mass is 331 g/mol. The van der Waals surface area contributed by atoms with E-state index >= 15 is 0 Å². The zero-order valence-corrected chi connectivity index (χ0v) is 14.3. The van der Waals surface area contributed by atoms with Gasteiger partial charge in [0.2, 0.25) is 0 Å². The molecule has 0 atom stereocenters. The predicted octanol–water partition coefficient (Wildman–Crippen LogP) is 3.43. The number of ether oxygens (including phenoxy) is 1. The fraction of sp³-hybridized carbons (Fsp3) is 0.444. The number of amides is 1. The Balaban J connectivity index is 1.73. The fourth-order valence-electron chi connectivity index (χ4n) is 2.80. The molecule has 128 valence electrons. The minimum Gasteiger partial charge on any atom is -0.444 e. The normalized spacial score (nSPS) is 15.7. The Morgan fingerprint density at radius 2 is 1.88 bits per heavy atom.